The summed E-state index contributed by atoms with van der Waals surface area (Å²) < 4.78 is 18.1. The Bertz CT molecular complexity index is 446. The third-order valence-corrected chi connectivity index (χ3v) is 2.86. The minimum atomic E-state index is -0.836. The van der Waals surface area contributed by atoms with Gasteiger partial charge in [0.1, 0.15) is 5.82 Å². The van der Waals surface area contributed by atoms with Crippen LogP contribution in [0.25, 0.3) is 0 Å². The predicted molar refractivity (Wildman–Crippen MR) is 67.2 cm³/mol. The Morgan fingerprint density at radius 1 is 1.42 bits per heavy atom. The van der Waals surface area contributed by atoms with E-state index in [-0.39, 0.29) is 25.3 Å². The highest BCUT2D eigenvalue weighted by molar-refractivity contribution is 5.89. The number of carbonyl (C=O) groups is 1. The van der Waals surface area contributed by atoms with Gasteiger partial charge in [0.25, 0.3) is 0 Å². The van der Waals surface area contributed by atoms with Gasteiger partial charge in [-0.3, -0.25) is 0 Å². The quantitative estimate of drug-likeness (QED) is 0.655. The largest absolute Gasteiger partial charge is 0.465 e. The maximum Gasteiger partial charge on any atom is 0.340 e. The van der Waals surface area contributed by atoms with Crippen molar-refractivity contribution in [1.82, 2.24) is 5.32 Å². The molecule has 0 fully saturated rings. The van der Waals surface area contributed by atoms with Crippen LogP contribution in [0.5, 0.6) is 0 Å². The Labute approximate surface area is 111 Å². The van der Waals surface area contributed by atoms with Gasteiger partial charge in [-0.25, -0.2) is 9.18 Å². The number of hydrogen-bond acceptors (Lipinski definition) is 5. The molecule has 0 unspecified atom stereocenters. The molecule has 6 heteroatoms. The molecule has 1 aromatic rings. The Morgan fingerprint density at radius 2 is 2.05 bits per heavy atom. The summed E-state index contributed by atoms with van der Waals surface area (Å²) >= 11 is 0. The molecule has 106 valence electrons. The zero-order valence-corrected chi connectivity index (χ0v) is 10.9. The van der Waals surface area contributed by atoms with Crippen LogP contribution < -0.4 is 5.32 Å². The Balaban J connectivity index is 2.77. The average molecular weight is 271 g/mol. The molecule has 0 radical (unpaired) electrons. The number of aliphatic hydroxyl groups excluding tert-OH is 2. The van der Waals surface area contributed by atoms with E-state index in [4.69, 9.17) is 10.2 Å². The molecule has 0 aliphatic rings. The van der Waals surface area contributed by atoms with Crippen LogP contribution in [0.4, 0.5) is 4.39 Å². The lowest BCUT2D eigenvalue weighted by Crippen LogP contribution is -2.48. The van der Waals surface area contributed by atoms with Crippen LogP contribution in [0.15, 0.2) is 18.2 Å². The molecule has 0 saturated carbocycles. The Kier molecular flexibility index (Phi) is 5.41. The molecule has 0 saturated heterocycles. The highest BCUT2D eigenvalue weighted by atomic mass is 19.1. The first-order valence-electron chi connectivity index (χ1n) is 5.79. The fourth-order valence-corrected chi connectivity index (χ4v) is 1.42. The molecule has 0 aliphatic heterocycles. The molecule has 3 N–H and O–H groups in total. The van der Waals surface area contributed by atoms with Crippen molar-refractivity contribution < 1.29 is 24.1 Å². The van der Waals surface area contributed by atoms with Crippen molar-refractivity contribution in [3.8, 4) is 0 Å². The summed E-state index contributed by atoms with van der Waals surface area (Å²) in [5.41, 5.74) is -0.367. The minimum absolute atomic E-state index is 0.127. The van der Waals surface area contributed by atoms with E-state index in [9.17, 15) is 9.18 Å². The number of halogens is 1. The van der Waals surface area contributed by atoms with E-state index in [1.807, 2.05) is 0 Å². The number of methoxy groups -OCH3 is 1. The second kappa shape index (κ2) is 6.60. The molecule has 0 bridgehead atoms. The highest BCUT2D eigenvalue weighted by Gasteiger charge is 2.21. The first kappa shape index (κ1) is 15.6. The number of rotatable bonds is 6. The first-order valence-corrected chi connectivity index (χ1v) is 5.79. The summed E-state index contributed by atoms with van der Waals surface area (Å²) in [7, 11) is 1.19. The number of aliphatic hydroxyl groups is 2. The highest BCUT2D eigenvalue weighted by Crippen LogP contribution is 2.12. The number of nitrogens with one attached hydrogen (secondary N) is 1. The van der Waals surface area contributed by atoms with Crippen LogP contribution in [0, 0.1) is 5.82 Å². The van der Waals surface area contributed by atoms with Crippen LogP contribution in [0.1, 0.15) is 22.8 Å². The number of benzene rings is 1. The van der Waals surface area contributed by atoms with E-state index in [1.54, 1.807) is 13.0 Å². The van der Waals surface area contributed by atoms with Crippen molar-refractivity contribution in [3.63, 3.8) is 0 Å². The van der Waals surface area contributed by atoms with Crippen LogP contribution in [0.2, 0.25) is 0 Å². The summed E-state index contributed by atoms with van der Waals surface area (Å²) in [6.45, 7) is 1.42. The maximum absolute atomic E-state index is 13.6. The molecular formula is C13H18FNO4. The molecule has 1 rings (SSSR count). The van der Waals surface area contributed by atoms with Gasteiger partial charge in [-0.15, -0.1) is 0 Å². The van der Waals surface area contributed by atoms with E-state index in [2.05, 4.69) is 10.1 Å². The second-order valence-corrected chi connectivity index (χ2v) is 4.54. The molecule has 5 nitrogen and oxygen atoms in total. The fourth-order valence-electron chi connectivity index (χ4n) is 1.42. The van der Waals surface area contributed by atoms with Gasteiger partial charge in [0, 0.05) is 6.54 Å². The van der Waals surface area contributed by atoms with Crippen molar-refractivity contribution in [3.05, 3.63) is 35.1 Å². The van der Waals surface area contributed by atoms with Gasteiger partial charge in [-0.1, -0.05) is 6.07 Å². The van der Waals surface area contributed by atoms with Crippen molar-refractivity contribution in [2.24, 2.45) is 0 Å². The molecule has 19 heavy (non-hydrogen) atoms. The molecule has 0 spiro atoms. The smallest absolute Gasteiger partial charge is 0.340 e. The van der Waals surface area contributed by atoms with E-state index < -0.39 is 17.3 Å². The number of hydrogen-bond donors (Lipinski definition) is 3. The zero-order valence-electron chi connectivity index (χ0n) is 10.9. The fraction of sp³-hybridized carbons (Fsp3) is 0.462. The van der Waals surface area contributed by atoms with Gasteiger partial charge in [0.05, 0.1) is 31.4 Å². The molecule has 1 aromatic carbocycles. The minimum Gasteiger partial charge on any atom is -0.465 e. The third-order valence-electron chi connectivity index (χ3n) is 2.86. The Morgan fingerprint density at radius 3 is 2.53 bits per heavy atom. The van der Waals surface area contributed by atoms with Gasteiger partial charge >= 0.3 is 5.97 Å². The molecule has 0 aromatic heterocycles. The van der Waals surface area contributed by atoms with Crippen LogP contribution in [0.3, 0.4) is 0 Å². The van der Waals surface area contributed by atoms with Gasteiger partial charge < -0.3 is 20.3 Å². The topological polar surface area (TPSA) is 78.8 Å². The van der Waals surface area contributed by atoms with Crippen molar-refractivity contribution >= 4 is 5.97 Å². The van der Waals surface area contributed by atoms with E-state index in [0.717, 1.165) is 0 Å². The van der Waals surface area contributed by atoms with Gasteiger partial charge in [-0.05, 0) is 24.6 Å². The monoisotopic (exact) mass is 271 g/mol. The van der Waals surface area contributed by atoms with Gasteiger partial charge in [-0.2, -0.15) is 0 Å². The lowest BCUT2D eigenvalue weighted by molar-refractivity contribution is 0.0595. The van der Waals surface area contributed by atoms with E-state index >= 15 is 0 Å². The molecule has 0 aliphatic carbocycles. The molecule has 0 amide bonds. The predicted octanol–water partition coefficient (Wildman–Crippen LogP) is 0.445. The van der Waals surface area contributed by atoms with Crippen molar-refractivity contribution in [2.75, 3.05) is 20.3 Å². The maximum atomic E-state index is 13.6. The SMILES string of the molecule is COC(=O)c1ccc(CNC(C)(CO)CO)cc1F. The number of ether oxygens (including phenoxy) is 1. The van der Waals surface area contributed by atoms with Crippen LogP contribution >= 0.6 is 0 Å². The van der Waals surface area contributed by atoms with Gasteiger partial charge in [0.15, 0.2) is 0 Å². The number of esters is 1. The third kappa shape index (κ3) is 3.99. The normalized spacial score (nSPS) is 11.4. The summed E-state index contributed by atoms with van der Waals surface area (Å²) in [6.07, 6.45) is 0. The number of carbonyl (C=O) groups excluding carboxylic acids is 1. The van der Waals surface area contributed by atoms with Gasteiger partial charge in [0.2, 0.25) is 0 Å². The first-order chi connectivity index (χ1) is 8.95. The molecule has 0 atom stereocenters. The molecular weight excluding hydrogens is 253 g/mol. The Hall–Kier alpha value is -1.50. The summed E-state index contributed by atoms with van der Waals surface area (Å²) in [4.78, 5) is 11.2. The summed E-state index contributed by atoms with van der Waals surface area (Å²) in [5.74, 6) is -1.39. The summed E-state index contributed by atoms with van der Waals surface area (Å²) in [5, 5.41) is 21.1. The zero-order chi connectivity index (χ0) is 14.5. The summed E-state index contributed by atoms with van der Waals surface area (Å²) in [6, 6.07) is 4.14. The van der Waals surface area contributed by atoms with E-state index in [1.165, 1.54) is 19.2 Å². The van der Waals surface area contributed by atoms with Crippen LogP contribution in [-0.4, -0.2) is 42.0 Å². The average Bonchev–Trinajstić information content (AvgIpc) is 2.44. The lowest BCUT2D eigenvalue weighted by atomic mass is 10.0. The van der Waals surface area contributed by atoms with Crippen LogP contribution in [-0.2, 0) is 11.3 Å². The van der Waals surface area contributed by atoms with Crippen molar-refractivity contribution in [1.29, 1.82) is 0 Å². The van der Waals surface area contributed by atoms with E-state index in [0.29, 0.717) is 5.56 Å². The second-order valence-electron chi connectivity index (χ2n) is 4.54. The van der Waals surface area contributed by atoms with Crippen molar-refractivity contribution in [2.45, 2.75) is 19.0 Å². The molecule has 0 heterocycles. The standard InChI is InChI=1S/C13H18FNO4/c1-13(7-16,8-17)15-6-9-3-4-10(11(14)5-9)12(18)19-2/h3-5,15-17H,6-8H2,1-2H3. The lowest BCUT2D eigenvalue weighted by Gasteiger charge is -2.26.